The Morgan fingerprint density at radius 2 is 1.79 bits per heavy atom. The maximum absolute atomic E-state index is 13.0. The summed E-state index contributed by atoms with van der Waals surface area (Å²) >= 11 is 0. The molecule has 0 fully saturated rings. The molecule has 2 aromatic carbocycles. The van der Waals surface area contributed by atoms with Gasteiger partial charge in [-0.2, -0.15) is 5.10 Å². The molecule has 4 rings (SSSR count). The first-order valence-electron chi connectivity index (χ1n) is 9.20. The predicted octanol–water partition coefficient (Wildman–Crippen LogP) is 4.75. The minimum absolute atomic E-state index is 0.203. The van der Waals surface area contributed by atoms with Gasteiger partial charge in [-0.3, -0.25) is 9.78 Å². The molecule has 138 valence electrons. The molecule has 5 nitrogen and oxygen atoms in total. The number of carbonyl (C=O) groups excluding carboxylic acids is 1. The van der Waals surface area contributed by atoms with Crippen LogP contribution in [0.25, 0.3) is 16.9 Å². The third kappa shape index (κ3) is 3.69. The number of rotatable bonds is 5. The third-order valence-electron chi connectivity index (χ3n) is 4.53. The van der Waals surface area contributed by atoms with Crippen molar-refractivity contribution in [2.24, 2.45) is 0 Å². The molecule has 0 saturated carbocycles. The molecule has 5 heteroatoms. The smallest absolute Gasteiger partial charge is 0.259 e. The number of hydrogen-bond donors (Lipinski definition) is 1. The molecule has 1 N–H and O–H groups in total. The molecule has 0 aliphatic carbocycles. The van der Waals surface area contributed by atoms with Gasteiger partial charge >= 0.3 is 0 Å². The van der Waals surface area contributed by atoms with Gasteiger partial charge in [0.05, 0.1) is 11.3 Å². The highest BCUT2D eigenvalue weighted by atomic mass is 16.1. The zero-order valence-electron chi connectivity index (χ0n) is 15.5. The minimum Gasteiger partial charge on any atom is -0.322 e. The van der Waals surface area contributed by atoms with Crippen LogP contribution in [0.1, 0.15) is 22.8 Å². The number of para-hydroxylation sites is 1. The highest BCUT2D eigenvalue weighted by Crippen LogP contribution is 2.24. The van der Waals surface area contributed by atoms with Gasteiger partial charge in [-0.15, -0.1) is 0 Å². The molecule has 2 aromatic heterocycles. The van der Waals surface area contributed by atoms with Crippen molar-refractivity contribution in [1.29, 1.82) is 0 Å². The van der Waals surface area contributed by atoms with Gasteiger partial charge in [0.15, 0.2) is 0 Å². The van der Waals surface area contributed by atoms with Crippen LogP contribution in [-0.2, 0) is 6.42 Å². The van der Waals surface area contributed by atoms with Crippen LogP contribution in [0.3, 0.4) is 0 Å². The van der Waals surface area contributed by atoms with Crippen molar-refractivity contribution in [3.05, 3.63) is 96.4 Å². The zero-order chi connectivity index (χ0) is 19.3. The first-order chi connectivity index (χ1) is 13.7. The van der Waals surface area contributed by atoms with E-state index < -0.39 is 0 Å². The molecule has 0 atom stereocenters. The summed E-state index contributed by atoms with van der Waals surface area (Å²) in [5.74, 6) is -0.203. The van der Waals surface area contributed by atoms with Crippen LogP contribution in [0.2, 0.25) is 0 Å². The molecular formula is C23H20N4O. The molecule has 2 heterocycles. The monoisotopic (exact) mass is 368 g/mol. The number of pyridine rings is 1. The Bertz CT molecular complexity index is 1070. The van der Waals surface area contributed by atoms with E-state index in [9.17, 15) is 4.79 Å². The Hall–Kier alpha value is -3.73. The summed E-state index contributed by atoms with van der Waals surface area (Å²) in [7, 11) is 0. The fourth-order valence-corrected chi connectivity index (χ4v) is 2.99. The quantitative estimate of drug-likeness (QED) is 0.553. The number of aryl methyl sites for hydroxylation is 1. The van der Waals surface area contributed by atoms with E-state index in [4.69, 9.17) is 0 Å². The van der Waals surface area contributed by atoms with Crippen molar-refractivity contribution >= 4 is 11.6 Å². The lowest BCUT2D eigenvalue weighted by Gasteiger charge is -2.06. The van der Waals surface area contributed by atoms with Crippen LogP contribution in [0, 0.1) is 0 Å². The summed E-state index contributed by atoms with van der Waals surface area (Å²) < 4.78 is 1.72. The van der Waals surface area contributed by atoms with E-state index in [1.807, 2.05) is 66.7 Å². The number of amides is 1. The Morgan fingerprint density at radius 1 is 1.00 bits per heavy atom. The third-order valence-corrected chi connectivity index (χ3v) is 4.53. The lowest BCUT2D eigenvalue weighted by molar-refractivity contribution is 0.102. The first-order valence-corrected chi connectivity index (χ1v) is 9.20. The predicted molar refractivity (Wildman–Crippen MR) is 111 cm³/mol. The molecular weight excluding hydrogens is 348 g/mol. The lowest BCUT2D eigenvalue weighted by atomic mass is 10.1. The topological polar surface area (TPSA) is 59.8 Å². The summed E-state index contributed by atoms with van der Waals surface area (Å²) in [6.45, 7) is 2.10. The van der Waals surface area contributed by atoms with E-state index >= 15 is 0 Å². The van der Waals surface area contributed by atoms with Gasteiger partial charge in [-0.25, -0.2) is 4.68 Å². The van der Waals surface area contributed by atoms with Crippen LogP contribution in [-0.4, -0.2) is 20.7 Å². The number of carbonyl (C=O) groups is 1. The molecule has 0 aliphatic rings. The van der Waals surface area contributed by atoms with Crippen LogP contribution in [0.5, 0.6) is 0 Å². The van der Waals surface area contributed by atoms with Crippen molar-refractivity contribution in [3.63, 3.8) is 0 Å². The summed E-state index contributed by atoms with van der Waals surface area (Å²) in [5, 5.41) is 7.63. The second-order valence-electron chi connectivity index (χ2n) is 6.42. The van der Waals surface area contributed by atoms with Crippen molar-refractivity contribution in [2.45, 2.75) is 13.3 Å². The minimum atomic E-state index is -0.203. The zero-order valence-corrected chi connectivity index (χ0v) is 15.5. The van der Waals surface area contributed by atoms with E-state index in [0.717, 1.165) is 23.4 Å². The van der Waals surface area contributed by atoms with E-state index in [1.165, 1.54) is 5.56 Å². The summed E-state index contributed by atoms with van der Waals surface area (Å²) in [5.41, 5.74) is 4.76. The van der Waals surface area contributed by atoms with E-state index in [1.54, 1.807) is 23.3 Å². The van der Waals surface area contributed by atoms with Crippen LogP contribution >= 0.6 is 0 Å². The standard InChI is InChI=1S/C23H20N4O/c1-2-17-10-12-19(13-11-17)25-23(28)21-16-27(20-8-4-3-5-9-20)26-22(21)18-7-6-14-24-15-18/h3-16H,2H2,1H3,(H,25,28). The van der Waals surface area contributed by atoms with Crippen molar-refractivity contribution in [3.8, 4) is 16.9 Å². The number of benzene rings is 2. The highest BCUT2D eigenvalue weighted by molar-refractivity contribution is 6.08. The molecule has 0 saturated heterocycles. The number of nitrogens with one attached hydrogen (secondary N) is 1. The van der Waals surface area contributed by atoms with Gasteiger partial charge in [-0.05, 0) is 48.4 Å². The highest BCUT2D eigenvalue weighted by Gasteiger charge is 2.19. The van der Waals surface area contributed by atoms with Gasteiger partial charge in [0, 0.05) is 29.8 Å². The van der Waals surface area contributed by atoms with Gasteiger partial charge in [0.25, 0.3) is 5.91 Å². The van der Waals surface area contributed by atoms with E-state index in [-0.39, 0.29) is 5.91 Å². The first kappa shape index (κ1) is 17.7. The number of aromatic nitrogens is 3. The van der Waals surface area contributed by atoms with Gasteiger partial charge in [0.2, 0.25) is 0 Å². The SMILES string of the molecule is CCc1ccc(NC(=O)c2cn(-c3ccccc3)nc2-c2cccnc2)cc1. The number of nitrogens with zero attached hydrogens (tertiary/aromatic N) is 3. The van der Waals surface area contributed by atoms with Crippen molar-refractivity contribution < 1.29 is 4.79 Å². The summed E-state index contributed by atoms with van der Waals surface area (Å²) in [4.78, 5) is 17.2. The lowest BCUT2D eigenvalue weighted by Crippen LogP contribution is -2.12. The van der Waals surface area contributed by atoms with E-state index in [0.29, 0.717) is 11.3 Å². The summed E-state index contributed by atoms with van der Waals surface area (Å²) in [6.07, 6.45) is 6.13. The van der Waals surface area contributed by atoms with Crippen LogP contribution < -0.4 is 5.32 Å². The van der Waals surface area contributed by atoms with E-state index in [2.05, 4.69) is 22.3 Å². The molecule has 0 radical (unpaired) electrons. The second-order valence-corrected chi connectivity index (χ2v) is 6.42. The molecule has 4 aromatic rings. The van der Waals surface area contributed by atoms with Crippen molar-refractivity contribution in [2.75, 3.05) is 5.32 Å². The average Bonchev–Trinajstić information content (AvgIpc) is 3.21. The fraction of sp³-hybridized carbons (Fsp3) is 0.0870. The average molecular weight is 368 g/mol. The fourth-order valence-electron chi connectivity index (χ4n) is 2.99. The Balaban J connectivity index is 1.71. The normalized spacial score (nSPS) is 10.6. The Morgan fingerprint density at radius 3 is 2.46 bits per heavy atom. The maximum Gasteiger partial charge on any atom is 0.259 e. The molecule has 1 amide bonds. The van der Waals surface area contributed by atoms with Gasteiger partial charge in [-0.1, -0.05) is 37.3 Å². The molecule has 0 spiro atoms. The Kier molecular flexibility index (Phi) is 4.97. The molecule has 0 bridgehead atoms. The molecule has 0 aliphatic heterocycles. The van der Waals surface area contributed by atoms with Crippen molar-refractivity contribution in [1.82, 2.24) is 14.8 Å². The Labute approximate surface area is 163 Å². The second kappa shape index (κ2) is 7.88. The summed E-state index contributed by atoms with van der Waals surface area (Å²) in [6, 6.07) is 21.3. The van der Waals surface area contributed by atoms with Crippen LogP contribution in [0.15, 0.2) is 85.3 Å². The van der Waals surface area contributed by atoms with Gasteiger partial charge < -0.3 is 5.32 Å². The molecule has 0 unspecified atom stereocenters. The largest absolute Gasteiger partial charge is 0.322 e. The number of hydrogen-bond acceptors (Lipinski definition) is 3. The maximum atomic E-state index is 13.0. The van der Waals surface area contributed by atoms with Crippen LogP contribution in [0.4, 0.5) is 5.69 Å². The number of anilines is 1. The molecule has 28 heavy (non-hydrogen) atoms. The van der Waals surface area contributed by atoms with Gasteiger partial charge in [0.1, 0.15) is 5.69 Å².